The fraction of sp³-hybridized carbons (Fsp3) is 0.125. The van der Waals surface area contributed by atoms with Gasteiger partial charge >= 0.3 is 0 Å². The lowest BCUT2D eigenvalue weighted by Gasteiger charge is -2.06. The number of rotatable bonds is 2. The number of hydrogen-bond acceptors (Lipinski definition) is 2. The van der Waals surface area contributed by atoms with Gasteiger partial charge in [-0.3, -0.25) is 0 Å². The highest BCUT2D eigenvalue weighted by atomic mass is 32.1. The van der Waals surface area contributed by atoms with Crippen LogP contribution in [0.1, 0.15) is 11.1 Å². The first-order valence-electron chi connectivity index (χ1n) is 5.97. The first kappa shape index (κ1) is 11.5. The van der Waals surface area contributed by atoms with Crippen molar-refractivity contribution < 1.29 is 5.11 Å². The Bertz CT molecular complexity index is 664. The summed E-state index contributed by atoms with van der Waals surface area (Å²) in [6, 6.07) is 16.8. The molecule has 0 aliphatic heterocycles. The van der Waals surface area contributed by atoms with Crippen molar-refractivity contribution >= 4 is 21.4 Å². The summed E-state index contributed by atoms with van der Waals surface area (Å²) in [6.07, 6.45) is 0. The van der Waals surface area contributed by atoms with E-state index in [1.54, 1.807) is 11.3 Å². The Balaban J connectivity index is 2.19. The van der Waals surface area contributed by atoms with Crippen molar-refractivity contribution in [2.75, 3.05) is 0 Å². The van der Waals surface area contributed by atoms with E-state index in [4.69, 9.17) is 0 Å². The molecule has 0 spiro atoms. The minimum absolute atomic E-state index is 0.0886. The normalized spacial score (nSPS) is 11.0. The summed E-state index contributed by atoms with van der Waals surface area (Å²) >= 11 is 1.77. The number of hydrogen-bond donors (Lipinski definition) is 1. The number of fused-ring (bicyclic) bond motifs is 1. The molecular weight excluding hydrogens is 240 g/mol. The zero-order valence-electron chi connectivity index (χ0n) is 10.2. The minimum atomic E-state index is 0.0886. The van der Waals surface area contributed by atoms with Gasteiger partial charge in [0.15, 0.2) is 0 Å². The van der Waals surface area contributed by atoms with Gasteiger partial charge in [0.1, 0.15) is 0 Å². The summed E-state index contributed by atoms with van der Waals surface area (Å²) in [7, 11) is 0. The number of aryl methyl sites for hydroxylation is 1. The summed E-state index contributed by atoms with van der Waals surface area (Å²) in [5.74, 6) is 0. The van der Waals surface area contributed by atoms with E-state index in [2.05, 4.69) is 48.5 Å². The SMILES string of the molecule is Cc1ccc(-c2cc3ccccc3s2)c(CO)c1. The Hall–Kier alpha value is -1.64. The van der Waals surface area contributed by atoms with Crippen LogP contribution in [0, 0.1) is 6.92 Å². The van der Waals surface area contributed by atoms with E-state index in [1.807, 2.05) is 6.92 Å². The first-order chi connectivity index (χ1) is 8.78. The summed E-state index contributed by atoms with van der Waals surface area (Å²) < 4.78 is 1.29. The van der Waals surface area contributed by atoms with Crippen molar-refractivity contribution in [3.63, 3.8) is 0 Å². The summed E-state index contributed by atoms with van der Waals surface area (Å²) in [4.78, 5) is 1.22. The van der Waals surface area contributed by atoms with Gasteiger partial charge in [-0.15, -0.1) is 11.3 Å². The van der Waals surface area contributed by atoms with E-state index in [-0.39, 0.29) is 6.61 Å². The molecule has 0 aliphatic rings. The highest BCUT2D eigenvalue weighted by Crippen LogP contribution is 2.35. The van der Waals surface area contributed by atoms with Gasteiger partial charge in [-0.2, -0.15) is 0 Å². The molecule has 0 unspecified atom stereocenters. The molecule has 90 valence electrons. The second-order valence-electron chi connectivity index (χ2n) is 4.47. The maximum Gasteiger partial charge on any atom is 0.0688 e. The fourth-order valence-corrected chi connectivity index (χ4v) is 3.33. The van der Waals surface area contributed by atoms with Crippen LogP contribution in [0.4, 0.5) is 0 Å². The molecule has 1 nitrogen and oxygen atoms in total. The molecule has 18 heavy (non-hydrogen) atoms. The Morgan fingerprint density at radius 2 is 1.89 bits per heavy atom. The Morgan fingerprint density at radius 1 is 1.06 bits per heavy atom. The third-order valence-electron chi connectivity index (χ3n) is 3.12. The minimum Gasteiger partial charge on any atom is -0.392 e. The van der Waals surface area contributed by atoms with Crippen molar-refractivity contribution in [3.8, 4) is 10.4 Å². The molecule has 0 saturated heterocycles. The van der Waals surface area contributed by atoms with Crippen LogP contribution in [-0.4, -0.2) is 5.11 Å². The maximum atomic E-state index is 9.48. The molecule has 0 saturated carbocycles. The summed E-state index contributed by atoms with van der Waals surface area (Å²) in [5, 5.41) is 10.7. The van der Waals surface area contributed by atoms with Crippen LogP contribution < -0.4 is 0 Å². The van der Waals surface area contributed by atoms with E-state index >= 15 is 0 Å². The maximum absolute atomic E-state index is 9.48. The summed E-state index contributed by atoms with van der Waals surface area (Å²) in [6.45, 7) is 2.14. The topological polar surface area (TPSA) is 20.2 Å². The van der Waals surface area contributed by atoms with Crippen molar-refractivity contribution in [3.05, 3.63) is 59.7 Å². The quantitative estimate of drug-likeness (QED) is 0.720. The molecule has 1 N–H and O–H groups in total. The second-order valence-corrected chi connectivity index (χ2v) is 5.55. The largest absolute Gasteiger partial charge is 0.392 e. The van der Waals surface area contributed by atoms with E-state index < -0.39 is 0 Å². The second kappa shape index (κ2) is 4.56. The number of benzene rings is 2. The van der Waals surface area contributed by atoms with Gasteiger partial charge in [0.05, 0.1) is 6.61 Å². The van der Waals surface area contributed by atoms with Gasteiger partial charge in [-0.05, 0) is 35.6 Å². The van der Waals surface area contributed by atoms with Crippen LogP contribution in [0.15, 0.2) is 48.5 Å². The highest BCUT2D eigenvalue weighted by Gasteiger charge is 2.08. The number of aliphatic hydroxyl groups is 1. The first-order valence-corrected chi connectivity index (χ1v) is 6.79. The lowest BCUT2D eigenvalue weighted by molar-refractivity contribution is 0.282. The molecule has 2 aromatic carbocycles. The van der Waals surface area contributed by atoms with E-state index in [1.165, 1.54) is 20.5 Å². The van der Waals surface area contributed by atoms with Gasteiger partial charge < -0.3 is 5.11 Å². The lowest BCUT2D eigenvalue weighted by atomic mass is 10.0. The zero-order valence-corrected chi connectivity index (χ0v) is 11.0. The lowest BCUT2D eigenvalue weighted by Crippen LogP contribution is -1.88. The van der Waals surface area contributed by atoms with E-state index in [9.17, 15) is 5.11 Å². The van der Waals surface area contributed by atoms with E-state index in [0.29, 0.717) is 0 Å². The van der Waals surface area contributed by atoms with Gasteiger partial charge in [0.25, 0.3) is 0 Å². The van der Waals surface area contributed by atoms with Crippen LogP contribution in [0.5, 0.6) is 0 Å². The Morgan fingerprint density at radius 3 is 2.67 bits per heavy atom. The molecule has 0 bridgehead atoms. The number of thiophene rings is 1. The third kappa shape index (κ3) is 1.94. The Labute approximate surface area is 110 Å². The van der Waals surface area contributed by atoms with Gasteiger partial charge in [-0.1, -0.05) is 42.0 Å². The van der Waals surface area contributed by atoms with Crippen LogP contribution >= 0.6 is 11.3 Å². The predicted octanol–water partition coefficient (Wildman–Crippen LogP) is 4.37. The molecular formula is C16H14OS. The molecule has 0 fully saturated rings. The van der Waals surface area contributed by atoms with Crippen molar-refractivity contribution in [2.24, 2.45) is 0 Å². The molecule has 1 aromatic heterocycles. The number of aliphatic hydroxyl groups excluding tert-OH is 1. The van der Waals surface area contributed by atoms with Gasteiger partial charge in [0, 0.05) is 9.58 Å². The average Bonchev–Trinajstić information content (AvgIpc) is 2.82. The van der Waals surface area contributed by atoms with Crippen LogP contribution in [-0.2, 0) is 6.61 Å². The third-order valence-corrected chi connectivity index (χ3v) is 4.27. The predicted molar refractivity (Wildman–Crippen MR) is 77.9 cm³/mol. The molecule has 0 atom stereocenters. The molecule has 0 radical (unpaired) electrons. The van der Waals surface area contributed by atoms with Gasteiger partial charge in [0.2, 0.25) is 0 Å². The Kier molecular flexibility index (Phi) is 2.90. The smallest absolute Gasteiger partial charge is 0.0688 e. The van der Waals surface area contributed by atoms with Crippen molar-refractivity contribution in [2.45, 2.75) is 13.5 Å². The van der Waals surface area contributed by atoms with Gasteiger partial charge in [-0.25, -0.2) is 0 Å². The molecule has 2 heteroatoms. The fourth-order valence-electron chi connectivity index (χ4n) is 2.21. The average molecular weight is 254 g/mol. The standard InChI is InChI=1S/C16H14OS/c1-11-6-7-14(13(8-11)10-17)16-9-12-4-2-3-5-15(12)18-16/h2-9,17H,10H2,1H3. The zero-order chi connectivity index (χ0) is 12.5. The van der Waals surface area contributed by atoms with Crippen molar-refractivity contribution in [1.82, 2.24) is 0 Å². The van der Waals surface area contributed by atoms with Crippen molar-refractivity contribution in [1.29, 1.82) is 0 Å². The van der Waals surface area contributed by atoms with Crippen LogP contribution in [0.3, 0.4) is 0 Å². The molecule has 3 aromatic rings. The summed E-state index contributed by atoms with van der Waals surface area (Å²) in [5.41, 5.74) is 3.33. The monoisotopic (exact) mass is 254 g/mol. The molecule has 1 heterocycles. The molecule has 3 rings (SSSR count). The van der Waals surface area contributed by atoms with Crippen LogP contribution in [0.25, 0.3) is 20.5 Å². The van der Waals surface area contributed by atoms with E-state index in [0.717, 1.165) is 11.1 Å². The molecule has 0 aliphatic carbocycles. The van der Waals surface area contributed by atoms with Crippen LogP contribution in [0.2, 0.25) is 0 Å². The highest BCUT2D eigenvalue weighted by molar-refractivity contribution is 7.22. The molecule has 0 amide bonds.